The fourth-order valence-electron chi connectivity index (χ4n) is 3.44. The van der Waals surface area contributed by atoms with Crippen molar-refractivity contribution in [2.45, 2.75) is 38.5 Å². The average molecular weight is 331 g/mol. The van der Waals surface area contributed by atoms with Gasteiger partial charge in [-0.3, -0.25) is 0 Å². The van der Waals surface area contributed by atoms with Crippen LogP contribution in [0.1, 0.15) is 41.9 Å². The molecule has 1 aromatic carbocycles. The maximum absolute atomic E-state index is 9.39. The Labute approximate surface area is 147 Å². The van der Waals surface area contributed by atoms with Crippen molar-refractivity contribution in [3.63, 3.8) is 0 Å². The SMILES string of the molecule is N#Cc1cc2c(nc1NCCCc1nc3ccccc3[nH]1)CCCC2. The minimum Gasteiger partial charge on any atom is -0.369 e. The van der Waals surface area contributed by atoms with E-state index in [0.717, 1.165) is 60.6 Å². The Morgan fingerprint density at radius 3 is 2.92 bits per heavy atom. The number of H-pyrrole nitrogens is 1. The predicted molar refractivity (Wildman–Crippen MR) is 98.5 cm³/mol. The van der Waals surface area contributed by atoms with E-state index in [1.807, 2.05) is 30.3 Å². The molecule has 0 radical (unpaired) electrons. The number of anilines is 1. The molecule has 0 unspecified atom stereocenters. The molecule has 3 aromatic rings. The largest absolute Gasteiger partial charge is 0.369 e. The van der Waals surface area contributed by atoms with E-state index < -0.39 is 0 Å². The van der Waals surface area contributed by atoms with Crippen molar-refractivity contribution in [2.24, 2.45) is 0 Å². The number of benzene rings is 1. The number of aryl methyl sites for hydroxylation is 3. The summed E-state index contributed by atoms with van der Waals surface area (Å²) in [4.78, 5) is 12.7. The molecule has 1 aliphatic carbocycles. The number of rotatable bonds is 5. The summed E-state index contributed by atoms with van der Waals surface area (Å²) in [5.41, 5.74) is 5.15. The molecule has 126 valence electrons. The van der Waals surface area contributed by atoms with Crippen molar-refractivity contribution in [1.82, 2.24) is 15.0 Å². The summed E-state index contributed by atoms with van der Waals surface area (Å²) in [5.74, 6) is 1.73. The summed E-state index contributed by atoms with van der Waals surface area (Å²) >= 11 is 0. The van der Waals surface area contributed by atoms with Crippen molar-refractivity contribution in [3.05, 3.63) is 53.0 Å². The van der Waals surface area contributed by atoms with Crippen LogP contribution in [0.2, 0.25) is 0 Å². The molecule has 0 atom stereocenters. The topological polar surface area (TPSA) is 77.4 Å². The summed E-state index contributed by atoms with van der Waals surface area (Å²) in [5, 5.41) is 12.7. The van der Waals surface area contributed by atoms with Gasteiger partial charge < -0.3 is 10.3 Å². The van der Waals surface area contributed by atoms with E-state index in [0.29, 0.717) is 5.56 Å². The highest BCUT2D eigenvalue weighted by Gasteiger charge is 2.14. The van der Waals surface area contributed by atoms with Gasteiger partial charge in [0, 0.05) is 18.7 Å². The predicted octanol–water partition coefficient (Wildman–Crippen LogP) is 3.75. The number of nitrogens with zero attached hydrogens (tertiary/aromatic N) is 3. The number of aromatic nitrogens is 3. The minimum atomic E-state index is 0.657. The zero-order valence-corrected chi connectivity index (χ0v) is 14.2. The van der Waals surface area contributed by atoms with Gasteiger partial charge in [-0.15, -0.1) is 0 Å². The van der Waals surface area contributed by atoms with Crippen LogP contribution in [0.15, 0.2) is 30.3 Å². The molecule has 0 bridgehead atoms. The maximum atomic E-state index is 9.39. The second-order valence-corrected chi connectivity index (χ2v) is 6.54. The van der Waals surface area contributed by atoms with Gasteiger partial charge in [0.05, 0.1) is 16.6 Å². The third-order valence-corrected chi connectivity index (χ3v) is 4.74. The molecule has 0 aliphatic heterocycles. The quantitative estimate of drug-likeness (QED) is 0.698. The van der Waals surface area contributed by atoms with Crippen LogP contribution in [0.4, 0.5) is 5.82 Å². The fourth-order valence-corrected chi connectivity index (χ4v) is 3.44. The second kappa shape index (κ2) is 6.94. The lowest BCUT2D eigenvalue weighted by atomic mass is 9.95. The number of nitrogens with one attached hydrogen (secondary N) is 2. The third-order valence-electron chi connectivity index (χ3n) is 4.74. The lowest BCUT2D eigenvalue weighted by Gasteiger charge is -2.17. The van der Waals surface area contributed by atoms with Crippen LogP contribution in [0.25, 0.3) is 11.0 Å². The van der Waals surface area contributed by atoms with E-state index in [1.165, 1.54) is 18.4 Å². The first-order valence-electron chi connectivity index (χ1n) is 8.94. The molecule has 2 N–H and O–H groups in total. The summed E-state index contributed by atoms with van der Waals surface area (Å²) in [6.45, 7) is 0.775. The van der Waals surface area contributed by atoms with E-state index in [4.69, 9.17) is 4.98 Å². The first-order valence-corrected chi connectivity index (χ1v) is 8.94. The Hall–Kier alpha value is -2.87. The molecule has 0 amide bonds. The normalized spacial score (nSPS) is 13.4. The summed E-state index contributed by atoms with van der Waals surface area (Å²) < 4.78 is 0. The zero-order valence-electron chi connectivity index (χ0n) is 14.2. The van der Waals surface area contributed by atoms with E-state index in [9.17, 15) is 5.26 Å². The van der Waals surface area contributed by atoms with Crippen LogP contribution in [-0.4, -0.2) is 21.5 Å². The molecule has 2 heterocycles. The van der Waals surface area contributed by atoms with E-state index in [1.54, 1.807) is 0 Å². The van der Waals surface area contributed by atoms with E-state index in [2.05, 4.69) is 21.4 Å². The van der Waals surface area contributed by atoms with Crippen molar-refractivity contribution < 1.29 is 0 Å². The Balaban J connectivity index is 1.39. The Morgan fingerprint density at radius 2 is 2.04 bits per heavy atom. The van der Waals surface area contributed by atoms with Gasteiger partial charge in [-0.25, -0.2) is 9.97 Å². The van der Waals surface area contributed by atoms with Gasteiger partial charge in [-0.1, -0.05) is 12.1 Å². The molecule has 0 spiro atoms. The standard InChI is InChI=1S/C20H21N5/c21-13-15-12-14-6-1-2-7-16(14)25-20(15)22-11-5-10-19-23-17-8-3-4-9-18(17)24-19/h3-4,8-9,12H,1-2,5-7,10-11H2,(H,22,25)(H,23,24). The fraction of sp³-hybridized carbons (Fsp3) is 0.350. The number of fused-ring (bicyclic) bond motifs is 2. The Bertz CT molecular complexity index is 902. The van der Waals surface area contributed by atoms with Crippen molar-refractivity contribution >= 4 is 16.9 Å². The molecule has 0 saturated carbocycles. The lowest BCUT2D eigenvalue weighted by molar-refractivity contribution is 0.667. The number of pyridine rings is 1. The van der Waals surface area contributed by atoms with Gasteiger partial charge in [0.2, 0.25) is 0 Å². The molecular formula is C20H21N5. The van der Waals surface area contributed by atoms with Crippen LogP contribution in [-0.2, 0) is 19.3 Å². The number of aromatic amines is 1. The van der Waals surface area contributed by atoms with E-state index >= 15 is 0 Å². The third kappa shape index (κ3) is 3.34. The average Bonchev–Trinajstić information content (AvgIpc) is 3.07. The molecule has 0 saturated heterocycles. The Kier molecular flexibility index (Phi) is 4.34. The van der Waals surface area contributed by atoms with Crippen LogP contribution in [0, 0.1) is 11.3 Å². The van der Waals surface area contributed by atoms with Crippen molar-refractivity contribution in [3.8, 4) is 6.07 Å². The van der Waals surface area contributed by atoms with Gasteiger partial charge in [-0.2, -0.15) is 5.26 Å². The zero-order chi connectivity index (χ0) is 17.1. The lowest BCUT2D eigenvalue weighted by Crippen LogP contribution is -2.12. The molecule has 0 fully saturated rings. The number of hydrogen-bond acceptors (Lipinski definition) is 4. The highest BCUT2D eigenvalue weighted by Crippen LogP contribution is 2.24. The van der Waals surface area contributed by atoms with Crippen LogP contribution in [0.3, 0.4) is 0 Å². The Morgan fingerprint density at radius 1 is 1.16 bits per heavy atom. The number of imidazole rings is 1. The van der Waals surface area contributed by atoms with Crippen LogP contribution in [0.5, 0.6) is 0 Å². The molecule has 2 aromatic heterocycles. The first-order chi connectivity index (χ1) is 12.3. The van der Waals surface area contributed by atoms with E-state index in [-0.39, 0.29) is 0 Å². The van der Waals surface area contributed by atoms with Crippen LogP contribution < -0.4 is 5.32 Å². The smallest absolute Gasteiger partial charge is 0.144 e. The number of para-hydroxylation sites is 2. The molecule has 5 nitrogen and oxygen atoms in total. The monoisotopic (exact) mass is 331 g/mol. The highest BCUT2D eigenvalue weighted by atomic mass is 15.0. The number of hydrogen-bond donors (Lipinski definition) is 2. The highest BCUT2D eigenvalue weighted by molar-refractivity contribution is 5.74. The van der Waals surface area contributed by atoms with Gasteiger partial charge in [0.25, 0.3) is 0 Å². The first kappa shape index (κ1) is 15.6. The molecule has 25 heavy (non-hydrogen) atoms. The van der Waals surface area contributed by atoms with Crippen molar-refractivity contribution in [2.75, 3.05) is 11.9 Å². The summed E-state index contributed by atoms with van der Waals surface area (Å²) in [6, 6.07) is 12.4. The minimum absolute atomic E-state index is 0.657. The molecule has 4 rings (SSSR count). The molecular weight excluding hydrogens is 310 g/mol. The second-order valence-electron chi connectivity index (χ2n) is 6.54. The maximum Gasteiger partial charge on any atom is 0.144 e. The molecule has 5 heteroatoms. The van der Waals surface area contributed by atoms with Crippen molar-refractivity contribution in [1.29, 1.82) is 5.26 Å². The van der Waals surface area contributed by atoms with Crippen LogP contribution >= 0.6 is 0 Å². The summed E-state index contributed by atoms with van der Waals surface area (Å²) in [6.07, 6.45) is 6.26. The van der Waals surface area contributed by atoms with Gasteiger partial charge in [0.1, 0.15) is 17.7 Å². The van der Waals surface area contributed by atoms with Gasteiger partial charge >= 0.3 is 0 Å². The number of nitriles is 1. The molecule has 1 aliphatic rings. The van der Waals surface area contributed by atoms with Gasteiger partial charge in [-0.05, 0) is 55.9 Å². The summed E-state index contributed by atoms with van der Waals surface area (Å²) in [7, 11) is 0. The van der Waals surface area contributed by atoms with Gasteiger partial charge in [0.15, 0.2) is 0 Å².